The Morgan fingerprint density at radius 3 is 3.17 bits per heavy atom. The summed E-state index contributed by atoms with van der Waals surface area (Å²) < 4.78 is 6.55. The molecule has 3 nitrogen and oxygen atoms in total. The van der Waals surface area contributed by atoms with Crippen molar-refractivity contribution in [1.29, 1.82) is 0 Å². The van der Waals surface area contributed by atoms with Gasteiger partial charge >= 0.3 is 0 Å². The fourth-order valence-electron chi connectivity index (χ4n) is 2.10. The second-order valence-electron chi connectivity index (χ2n) is 4.90. The Hall–Kier alpha value is 0.0600. The van der Waals surface area contributed by atoms with E-state index in [0.717, 1.165) is 45.3 Å². The Morgan fingerprint density at radius 1 is 1.61 bits per heavy atom. The number of likely N-dealkylation sites (N-methyl/N-ethyl adjacent to an activating group) is 1. The van der Waals surface area contributed by atoms with Crippen molar-refractivity contribution in [2.75, 3.05) is 39.9 Å². The molecule has 1 aromatic rings. The van der Waals surface area contributed by atoms with E-state index in [-0.39, 0.29) is 0 Å². The van der Waals surface area contributed by atoms with Gasteiger partial charge < -0.3 is 15.0 Å². The van der Waals surface area contributed by atoms with Gasteiger partial charge in [0.25, 0.3) is 0 Å². The summed E-state index contributed by atoms with van der Waals surface area (Å²) in [5.41, 5.74) is 0. The maximum atomic E-state index is 5.36. The molecule has 0 amide bonds. The Labute approximate surface area is 122 Å². The molecule has 1 N–H and O–H groups in total. The van der Waals surface area contributed by atoms with E-state index in [1.165, 1.54) is 15.8 Å². The lowest BCUT2D eigenvalue weighted by Gasteiger charge is -2.16. The Morgan fingerprint density at radius 2 is 2.50 bits per heavy atom. The van der Waals surface area contributed by atoms with Crippen LogP contribution in [0.25, 0.3) is 0 Å². The van der Waals surface area contributed by atoms with Gasteiger partial charge in [-0.25, -0.2) is 0 Å². The van der Waals surface area contributed by atoms with Crippen molar-refractivity contribution < 1.29 is 4.74 Å². The third-order valence-corrected chi connectivity index (χ3v) is 4.86. The molecule has 0 aliphatic carbocycles. The van der Waals surface area contributed by atoms with Gasteiger partial charge in [-0.3, -0.25) is 0 Å². The lowest BCUT2D eigenvalue weighted by atomic mass is 10.1. The molecular weight excluding hydrogens is 312 g/mol. The first kappa shape index (κ1) is 14.5. The molecule has 2 rings (SSSR count). The summed E-state index contributed by atoms with van der Waals surface area (Å²) in [5.74, 6) is 0.726. The van der Waals surface area contributed by atoms with E-state index in [9.17, 15) is 0 Å². The maximum absolute atomic E-state index is 5.36. The van der Waals surface area contributed by atoms with E-state index in [0.29, 0.717) is 0 Å². The zero-order chi connectivity index (χ0) is 12.8. The summed E-state index contributed by atoms with van der Waals surface area (Å²) in [6.45, 7) is 6.15. The molecule has 0 saturated carbocycles. The molecule has 1 atom stereocenters. The van der Waals surface area contributed by atoms with Crippen LogP contribution in [0.4, 0.5) is 0 Å². The first-order valence-corrected chi connectivity index (χ1v) is 8.11. The second kappa shape index (κ2) is 7.60. The van der Waals surface area contributed by atoms with Crippen molar-refractivity contribution in [3.05, 3.63) is 20.8 Å². The van der Waals surface area contributed by atoms with Crippen LogP contribution >= 0.6 is 27.3 Å². The lowest BCUT2D eigenvalue weighted by molar-refractivity contribution is 0.185. The number of hydrogen-bond donors (Lipinski definition) is 1. The molecule has 1 aliphatic rings. The SMILES string of the molecule is CN(CCNCC1CCOC1)Cc1cc(Br)cs1. The minimum atomic E-state index is 0.726. The van der Waals surface area contributed by atoms with Gasteiger partial charge in [0, 0.05) is 47.5 Å². The molecule has 18 heavy (non-hydrogen) atoms. The number of thiophene rings is 1. The molecule has 0 bridgehead atoms. The lowest BCUT2D eigenvalue weighted by Crippen LogP contribution is -2.31. The molecule has 1 saturated heterocycles. The van der Waals surface area contributed by atoms with Crippen LogP contribution in [0.2, 0.25) is 0 Å². The quantitative estimate of drug-likeness (QED) is 0.776. The summed E-state index contributed by atoms with van der Waals surface area (Å²) in [5, 5.41) is 5.66. The number of halogens is 1. The van der Waals surface area contributed by atoms with Crippen LogP contribution in [0.15, 0.2) is 15.9 Å². The average molecular weight is 333 g/mol. The molecule has 1 fully saturated rings. The van der Waals surface area contributed by atoms with E-state index >= 15 is 0 Å². The van der Waals surface area contributed by atoms with Crippen LogP contribution < -0.4 is 5.32 Å². The molecule has 1 aromatic heterocycles. The highest BCUT2D eigenvalue weighted by Gasteiger charge is 2.14. The van der Waals surface area contributed by atoms with Crippen molar-refractivity contribution in [2.45, 2.75) is 13.0 Å². The number of rotatable bonds is 7. The minimum absolute atomic E-state index is 0.726. The topological polar surface area (TPSA) is 24.5 Å². The van der Waals surface area contributed by atoms with Crippen LogP contribution in [-0.2, 0) is 11.3 Å². The average Bonchev–Trinajstić information content (AvgIpc) is 2.96. The first-order valence-electron chi connectivity index (χ1n) is 6.44. The predicted molar refractivity (Wildman–Crippen MR) is 80.1 cm³/mol. The summed E-state index contributed by atoms with van der Waals surface area (Å²) in [6.07, 6.45) is 1.21. The van der Waals surface area contributed by atoms with Crippen LogP contribution in [0.3, 0.4) is 0 Å². The number of nitrogens with one attached hydrogen (secondary N) is 1. The van der Waals surface area contributed by atoms with Gasteiger partial charge in [-0.15, -0.1) is 11.3 Å². The van der Waals surface area contributed by atoms with E-state index in [1.807, 2.05) is 11.3 Å². The fourth-order valence-corrected chi connectivity index (χ4v) is 3.63. The van der Waals surface area contributed by atoms with Crippen molar-refractivity contribution in [3.8, 4) is 0 Å². The van der Waals surface area contributed by atoms with Crippen molar-refractivity contribution in [1.82, 2.24) is 10.2 Å². The maximum Gasteiger partial charge on any atom is 0.0507 e. The third-order valence-electron chi connectivity index (χ3n) is 3.17. The van der Waals surface area contributed by atoms with Gasteiger partial charge in [-0.05, 0) is 41.4 Å². The Balaban J connectivity index is 1.55. The predicted octanol–water partition coefficient (Wildman–Crippen LogP) is 2.57. The molecular formula is C13H21BrN2OS. The number of hydrogen-bond acceptors (Lipinski definition) is 4. The zero-order valence-electron chi connectivity index (χ0n) is 10.8. The van der Waals surface area contributed by atoms with Gasteiger partial charge in [-0.1, -0.05) is 0 Å². The van der Waals surface area contributed by atoms with Crippen LogP contribution in [0.5, 0.6) is 0 Å². The molecule has 0 aromatic carbocycles. The summed E-state index contributed by atoms with van der Waals surface area (Å²) in [6, 6.07) is 2.20. The zero-order valence-corrected chi connectivity index (χ0v) is 13.2. The third kappa shape index (κ3) is 4.97. The molecule has 2 heterocycles. The second-order valence-corrected chi connectivity index (χ2v) is 6.81. The number of nitrogens with zero attached hydrogens (tertiary/aromatic N) is 1. The molecule has 1 unspecified atom stereocenters. The van der Waals surface area contributed by atoms with Crippen molar-refractivity contribution in [2.24, 2.45) is 5.92 Å². The van der Waals surface area contributed by atoms with E-state index < -0.39 is 0 Å². The highest BCUT2D eigenvalue weighted by atomic mass is 79.9. The van der Waals surface area contributed by atoms with Gasteiger partial charge in [-0.2, -0.15) is 0 Å². The highest BCUT2D eigenvalue weighted by Crippen LogP contribution is 2.20. The van der Waals surface area contributed by atoms with Crippen LogP contribution in [-0.4, -0.2) is 44.8 Å². The smallest absolute Gasteiger partial charge is 0.0507 e. The highest BCUT2D eigenvalue weighted by molar-refractivity contribution is 9.10. The molecule has 0 radical (unpaired) electrons. The molecule has 0 spiro atoms. The van der Waals surface area contributed by atoms with E-state index in [4.69, 9.17) is 4.74 Å². The van der Waals surface area contributed by atoms with E-state index in [2.05, 4.69) is 44.6 Å². The number of ether oxygens (including phenoxy) is 1. The molecule has 1 aliphatic heterocycles. The molecule has 102 valence electrons. The largest absolute Gasteiger partial charge is 0.381 e. The van der Waals surface area contributed by atoms with E-state index in [1.54, 1.807) is 0 Å². The Bertz CT molecular complexity index is 353. The summed E-state index contributed by atoms with van der Waals surface area (Å²) in [7, 11) is 2.17. The normalized spacial score (nSPS) is 19.8. The van der Waals surface area contributed by atoms with Crippen molar-refractivity contribution in [3.63, 3.8) is 0 Å². The standard InChI is InChI=1S/C13H21BrN2OS/c1-16(8-13-6-12(14)10-18-13)4-3-15-7-11-2-5-17-9-11/h6,10-11,15H,2-5,7-9H2,1H3. The van der Waals surface area contributed by atoms with Crippen LogP contribution in [0.1, 0.15) is 11.3 Å². The van der Waals surface area contributed by atoms with Gasteiger partial charge in [0.2, 0.25) is 0 Å². The van der Waals surface area contributed by atoms with Crippen LogP contribution in [0, 0.1) is 5.92 Å². The minimum Gasteiger partial charge on any atom is -0.381 e. The summed E-state index contributed by atoms with van der Waals surface area (Å²) in [4.78, 5) is 3.77. The van der Waals surface area contributed by atoms with Gasteiger partial charge in [0.15, 0.2) is 0 Å². The van der Waals surface area contributed by atoms with Gasteiger partial charge in [0.05, 0.1) is 6.61 Å². The van der Waals surface area contributed by atoms with Gasteiger partial charge in [0.1, 0.15) is 0 Å². The monoisotopic (exact) mass is 332 g/mol. The molecule has 5 heteroatoms. The van der Waals surface area contributed by atoms with Crippen molar-refractivity contribution >= 4 is 27.3 Å². The Kier molecular flexibility index (Phi) is 6.11. The fraction of sp³-hybridized carbons (Fsp3) is 0.692. The summed E-state index contributed by atoms with van der Waals surface area (Å²) >= 11 is 5.30. The first-order chi connectivity index (χ1) is 8.74.